The van der Waals surface area contributed by atoms with Crippen LogP contribution >= 0.6 is 23.4 Å². The number of carbonyl (C=O) groups excluding carboxylic acids is 1. The number of amides is 1. The van der Waals surface area contributed by atoms with E-state index in [0.29, 0.717) is 11.6 Å². The summed E-state index contributed by atoms with van der Waals surface area (Å²) in [6.45, 7) is 2.34. The molecule has 2 heterocycles. The predicted molar refractivity (Wildman–Crippen MR) is 126 cm³/mol. The topological polar surface area (TPSA) is 83.5 Å². The SMILES string of the molecule is CCCSc1ncc(Cl)c(C(=O)N(Cc2ccc(N(C)C)cc2)[C@@H]2CCS(=O)(=O)C2)n1. The van der Waals surface area contributed by atoms with Crippen molar-refractivity contribution in [3.63, 3.8) is 0 Å². The molecule has 0 aliphatic carbocycles. The molecule has 0 bridgehead atoms. The smallest absolute Gasteiger partial charge is 0.274 e. The fraction of sp³-hybridized carbons (Fsp3) is 0.476. The number of hydrogen-bond donors (Lipinski definition) is 0. The van der Waals surface area contributed by atoms with Crippen LogP contribution in [0.5, 0.6) is 0 Å². The first kappa shape index (κ1) is 23.8. The van der Waals surface area contributed by atoms with E-state index in [1.807, 2.05) is 43.3 Å². The highest BCUT2D eigenvalue weighted by Gasteiger charge is 2.36. The highest BCUT2D eigenvalue weighted by Crippen LogP contribution is 2.26. The molecule has 3 rings (SSSR count). The highest BCUT2D eigenvalue weighted by molar-refractivity contribution is 7.99. The lowest BCUT2D eigenvalue weighted by Crippen LogP contribution is -2.41. The Labute approximate surface area is 193 Å². The van der Waals surface area contributed by atoms with Crippen molar-refractivity contribution in [2.24, 2.45) is 0 Å². The van der Waals surface area contributed by atoms with E-state index in [1.54, 1.807) is 4.90 Å². The molecular weight excluding hydrogens is 456 g/mol. The van der Waals surface area contributed by atoms with E-state index in [1.165, 1.54) is 18.0 Å². The lowest BCUT2D eigenvalue weighted by atomic mass is 10.1. The van der Waals surface area contributed by atoms with Gasteiger partial charge in [-0.1, -0.05) is 42.4 Å². The number of thioether (sulfide) groups is 1. The zero-order valence-corrected chi connectivity index (χ0v) is 20.3. The molecular formula is C21H27ClN4O3S2. The molecule has 10 heteroatoms. The third kappa shape index (κ3) is 6.11. The molecule has 168 valence electrons. The molecule has 1 saturated heterocycles. The minimum absolute atomic E-state index is 0.0470. The number of rotatable bonds is 8. The van der Waals surface area contributed by atoms with Crippen LogP contribution in [-0.4, -0.2) is 66.6 Å². The van der Waals surface area contributed by atoms with Gasteiger partial charge in [0.1, 0.15) is 0 Å². The first-order chi connectivity index (χ1) is 14.7. The standard InChI is InChI=1S/C21H27ClN4O3S2/c1-4-10-30-21-23-12-18(22)19(24-21)20(27)26(17-9-11-31(28,29)14-17)13-15-5-7-16(8-6-15)25(2)3/h5-8,12,17H,4,9-11,13-14H2,1-3H3/t17-/m1/s1. The second-order valence-corrected chi connectivity index (χ2v) is 11.4. The molecule has 0 radical (unpaired) electrons. The van der Waals surface area contributed by atoms with Crippen LogP contribution in [0.1, 0.15) is 35.8 Å². The van der Waals surface area contributed by atoms with Gasteiger partial charge in [0.05, 0.1) is 22.7 Å². The van der Waals surface area contributed by atoms with Crippen LogP contribution in [0.3, 0.4) is 0 Å². The van der Waals surface area contributed by atoms with Gasteiger partial charge >= 0.3 is 0 Å². The Morgan fingerprint density at radius 1 is 1.26 bits per heavy atom. The molecule has 1 atom stereocenters. The minimum Gasteiger partial charge on any atom is -0.378 e. The second kappa shape index (κ2) is 10.2. The monoisotopic (exact) mass is 482 g/mol. The number of anilines is 1. The predicted octanol–water partition coefficient (Wildman–Crippen LogP) is 3.53. The summed E-state index contributed by atoms with van der Waals surface area (Å²) in [4.78, 5) is 25.7. The lowest BCUT2D eigenvalue weighted by Gasteiger charge is -2.28. The van der Waals surface area contributed by atoms with Crippen LogP contribution in [0.15, 0.2) is 35.6 Å². The molecule has 7 nitrogen and oxygen atoms in total. The van der Waals surface area contributed by atoms with Gasteiger partial charge in [0.15, 0.2) is 20.7 Å². The van der Waals surface area contributed by atoms with E-state index in [2.05, 4.69) is 16.9 Å². The van der Waals surface area contributed by atoms with Crippen LogP contribution in [-0.2, 0) is 16.4 Å². The number of hydrogen-bond acceptors (Lipinski definition) is 7. The minimum atomic E-state index is -3.17. The van der Waals surface area contributed by atoms with Gasteiger partial charge in [-0.15, -0.1) is 0 Å². The maximum absolute atomic E-state index is 13.5. The molecule has 0 unspecified atom stereocenters. The van der Waals surface area contributed by atoms with E-state index in [9.17, 15) is 13.2 Å². The summed E-state index contributed by atoms with van der Waals surface area (Å²) in [6.07, 6.45) is 2.80. The number of nitrogens with zero attached hydrogens (tertiary/aromatic N) is 4. The fourth-order valence-electron chi connectivity index (χ4n) is 3.38. The highest BCUT2D eigenvalue weighted by atomic mass is 35.5. The maximum atomic E-state index is 13.5. The normalized spacial score (nSPS) is 17.5. The third-order valence-corrected chi connectivity index (χ3v) is 8.17. The number of sulfone groups is 1. The van der Waals surface area contributed by atoms with Crippen molar-refractivity contribution in [1.82, 2.24) is 14.9 Å². The van der Waals surface area contributed by atoms with Crippen molar-refractivity contribution < 1.29 is 13.2 Å². The zero-order valence-electron chi connectivity index (χ0n) is 17.9. The zero-order chi connectivity index (χ0) is 22.6. The average Bonchev–Trinajstić information content (AvgIpc) is 3.10. The van der Waals surface area contributed by atoms with Gasteiger partial charge in [0.2, 0.25) is 0 Å². The Balaban J connectivity index is 1.91. The average molecular weight is 483 g/mol. The fourth-order valence-corrected chi connectivity index (χ4v) is 5.96. The Kier molecular flexibility index (Phi) is 7.82. The largest absolute Gasteiger partial charge is 0.378 e. The van der Waals surface area contributed by atoms with E-state index in [4.69, 9.17) is 11.6 Å². The molecule has 1 fully saturated rings. The van der Waals surface area contributed by atoms with Crippen LogP contribution in [0.4, 0.5) is 5.69 Å². The first-order valence-electron chi connectivity index (χ1n) is 10.1. The number of halogens is 1. The van der Waals surface area contributed by atoms with E-state index in [0.717, 1.165) is 23.4 Å². The summed E-state index contributed by atoms with van der Waals surface area (Å²) < 4.78 is 24.2. The molecule has 1 aromatic heterocycles. The van der Waals surface area contributed by atoms with Crippen molar-refractivity contribution in [3.8, 4) is 0 Å². The summed E-state index contributed by atoms with van der Waals surface area (Å²) in [6, 6.07) is 7.43. The Morgan fingerprint density at radius 2 is 1.97 bits per heavy atom. The van der Waals surface area contributed by atoms with Gasteiger partial charge in [-0.25, -0.2) is 18.4 Å². The summed E-state index contributed by atoms with van der Waals surface area (Å²) in [5.74, 6) is 0.493. The quantitative estimate of drug-likeness (QED) is 0.420. The Bertz CT molecular complexity index is 1030. The van der Waals surface area contributed by atoms with Gasteiger partial charge in [-0.05, 0) is 30.5 Å². The van der Waals surface area contributed by atoms with Gasteiger partial charge in [-0.2, -0.15) is 0 Å². The van der Waals surface area contributed by atoms with E-state index >= 15 is 0 Å². The number of carbonyl (C=O) groups is 1. The molecule has 0 N–H and O–H groups in total. The van der Waals surface area contributed by atoms with Crippen molar-refractivity contribution >= 4 is 44.8 Å². The molecule has 2 aromatic rings. The second-order valence-electron chi connectivity index (χ2n) is 7.75. The molecule has 31 heavy (non-hydrogen) atoms. The van der Waals surface area contributed by atoms with Gasteiger partial charge < -0.3 is 9.80 Å². The third-order valence-electron chi connectivity index (χ3n) is 5.08. The van der Waals surface area contributed by atoms with Crippen LogP contribution in [0.25, 0.3) is 0 Å². The summed E-state index contributed by atoms with van der Waals surface area (Å²) in [5, 5.41) is 0.656. The van der Waals surface area contributed by atoms with E-state index in [-0.39, 0.29) is 34.7 Å². The Morgan fingerprint density at radius 3 is 2.55 bits per heavy atom. The van der Waals surface area contributed by atoms with Crippen LogP contribution in [0, 0.1) is 0 Å². The molecule has 1 amide bonds. The summed E-state index contributed by atoms with van der Waals surface area (Å²) >= 11 is 7.75. The van der Waals surface area contributed by atoms with E-state index < -0.39 is 15.9 Å². The molecule has 1 aliphatic rings. The molecule has 0 saturated carbocycles. The number of benzene rings is 1. The Hall–Kier alpha value is -1.84. The molecule has 1 aromatic carbocycles. The van der Waals surface area contributed by atoms with Gasteiger partial charge in [0.25, 0.3) is 5.91 Å². The molecule has 0 spiro atoms. The van der Waals surface area contributed by atoms with Crippen LogP contribution < -0.4 is 4.90 Å². The first-order valence-corrected chi connectivity index (χ1v) is 13.3. The molecule has 1 aliphatic heterocycles. The van der Waals surface area contributed by atoms with Gasteiger partial charge in [0, 0.05) is 38.1 Å². The number of aromatic nitrogens is 2. The van der Waals surface area contributed by atoms with Crippen molar-refractivity contribution in [3.05, 3.63) is 46.7 Å². The van der Waals surface area contributed by atoms with Crippen molar-refractivity contribution in [2.75, 3.05) is 36.3 Å². The van der Waals surface area contributed by atoms with Crippen molar-refractivity contribution in [2.45, 2.75) is 37.5 Å². The lowest BCUT2D eigenvalue weighted by molar-refractivity contribution is 0.0674. The maximum Gasteiger partial charge on any atom is 0.274 e. The van der Waals surface area contributed by atoms with Crippen LogP contribution in [0.2, 0.25) is 5.02 Å². The van der Waals surface area contributed by atoms with Crippen molar-refractivity contribution in [1.29, 1.82) is 0 Å². The summed E-state index contributed by atoms with van der Waals surface area (Å²) in [5.41, 5.74) is 2.07. The van der Waals surface area contributed by atoms with Gasteiger partial charge in [-0.3, -0.25) is 4.79 Å². The summed E-state index contributed by atoms with van der Waals surface area (Å²) in [7, 11) is 0.748.